The molecule has 1 saturated heterocycles. The highest BCUT2D eigenvalue weighted by Crippen LogP contribution is 2.36. The normalized spacial score (nSPS) is 20.2. The minimum atomic E-state index is -0.403. The number of carbonyl (C=O) groups is 2. The second kappa shape index (κ2) is 10.7. The summed E-state index contributed by atoms with van der Waals surface area (Å²) in [7, 11) is 3.13. The molecule has 2 fully saturated rings. The fraction of sp³-hybridized carbons (Fsp3) is 0.462. The van der Waals surface area contributed by atoms with E-state index in [-0.39, 0.29) is 24.8 Å². The van der Waals surface area contributed by atoms with Crippen molar-refractivity contribution < 1.29 is 23.8 Å². The average molecular weight is 453 g/mol. The number of likely N-dealkylation sites (tertiary alicyclic amines) is 1. The van der Waals surface area contributed by atoms with Crippen LogP contribution >= 0.6 is 0 Å². The van der Waals surface area contributed by atoms with Crippen LogP contribution in [0.15, 0.2) is 48.5 Å². The number of methoxy groups -OCH3 is 1. The Kier molecular flexibility index (Phi) is 7.50. The molecule has 0 aromatic heterocycles. The first kappa shape index (κ1) is 23.1. The minimum Gasteiger partial charge on any atom is -0.465 e. The summed E-state index contributed by atoms with van der Waals surface area (Å²) < 4.78 is 16.7. The van der Waals surface area contributed by atoms with E-state index in [4.69, 9.17) is 14.2 Å². The molecule has 2 aliphatic rings. The van der Waals surface area contributed by atoms with Gasteiger partial charge in [0, 0.05) is 25.9 Å². The van der Waals surface area contributed by atoms with E-state index in [1.807, 2.05) is 42.5 Å². The van der Waals surface area contributed by atoms with E-state index in [1.54, 1.807) is 18.0 Å². The molecule has 1 aliphatic heterocycles. The SMILES string of the molecule is CNc1cc(C2CC(OCC3CC3)CCN2C(=O)OCc2ccccc2)ccc1C(=O)OC. The van der Waals surface area contributed by atoms with Gasteiger partial charge in [-0.2, -0.15) is 0 Å². The van der Waals surface area contributed by atoms with E-state index in [0.29, 0.717) is 30.1 Å². The fourth-order valence-electron chi connectivity index (χ4n) is 4.24. The molecule has 0 radical (unpaired) electrons. The van der Waals surface area contributed by atoms with Crippen molar-refractivity contribution in [2.45, 2.75) is 44.4 Å². The van der Waals surface area contributed by atoms with Crippen LogP contribution in [0.4, 0.5) is 10.5 Å². The van der Waals surface area contributed by atoms with Crippen LogP contribution in [-0.4, -0.2) is 50.4 Å². The molecule has 1 aliphatic carbocycles. The zero-order valence-corrected chi connectivity index (χ0v) is 19.3. The molecule has 0 spiro atoms. The van der Waals surface area contributed by atoms with Crippen LogP contribution in [-0.2, 0) is 20.8 Å². The molecule has 2 unspecified atom stereocenters. The van der Waals surface area contributed by atoms with Gasteiger partial charge in [-0.05, 0) is 54.9 Å². The van der Waals surface area contributed by atoms with E-state index in [0.717, 1.165) is 24.2 Å². The number of carbonyl (C=O) groups excluding carboxylic acids is 2. The summed E-state index contributed by atoms with van der Waals surface area (Å²) in [6.45, 7) is 1.58. The lowest BCUT2D eigenvalue weighted by Gasteiger charge is -2.39. The smallest absolute Gasteiger partial charge is 0.410 e. The summed E-state index contributed by atoms with van der Waals surface area (Å²) in [5.41, 5.74) is 3.01. The average Bonchev–Trinajstić information content (AvgIpc) is 3.70. The Labute approximate surface area is 195 Å². The lowest BCUT2D eigenvalue weighted by molar-refractivity contribution is -0.0208. The number of piperidine rings is 1. The molecule has 0 bridgehead atoms. The highest BCUT2D eigenvalue weighted by molar-refractivity contribution is 5.95. The number of amides is 1. The molecule has 1 N–H and O–H groups in total. The van der Waals surface area contributed by atoms with Gasteiger partial charge in [0.25, 0.3) is 0 Å². The van der Waals surface area contributed by atoms with E-state index in [9.17, 15) is 9.59 Å². The largest absolute Gasteiger partial charge is 0.465 e. The monoisotopic (exact) mass is 452 g/mol. The Morgan fingerprint density at radius 3 is 2.58 bits per heavy atom. The van der Waals surface area contributed by atoms with Gasteiger partial charge < -0.3 is 24.4 Å². The molecule has 4 rings (SSSR count). The standard InChI is InChI=1S/C26H32N2O5/c1-27-23-14-20(10-11-22(23)25(29)31-2)24-15-21(32-16-19-8-9-19)12-13-28(24)26(30)33-17-18-6-4-3-5-7-18/h3-7,10-11,14,19,21,24,27H,8-9,12-13,15-17H2,1-2H3. The first-order chi connectivity index (χ1) is 16.1. The molecule has 7 nitrogen and oxygen atoms in total. The number of nitrogens with one attached hydrogen (secondary N) is 1. The first-order valence-corrected chi connectivity index (χ1v) is 11.6. The third-order valence-corrected chi connectivity index (χ3v) is 6.36. The van der Waals surface area contributed by atoms with Crippen LogP contribution in [0.2, 0.25) is 0 Å². The van der Waals surface area contributed by atoms with Gasteiger partial charge in [0.2, 0.25) is 0 Å². The van der Waals surface area contributed by atoms with Gasteiger partial charge in [0.05, 0.1) is 24.8 Å². The maximum Gasteiger partial charge on any atom is 0.410 e. The Bertz CT molecular complexity index is 960. The number of hydrogen-bond donors (Lipinski definition) is 1. The second-order valence-corrected chi connectivity index (χ2v) is 8.72. The molecule has 1 heterocycles. The predicted molar refractivity (Wildman–Crippen MR) is 125 cm³/mol. The van der Waals surface area contributed by atoms with Gasteiger partial charge in [-0.1, -0.05) is 36.4 Å². The number of anilines is 1. The van der Waals surface area contributed by atoms with Crippen molar-refractivity contribution >= 4 is 17.7 Å². The van der Waals surface area contributed by atoms with E-state index >= 15 is 0 Å². The number of rotatable bonds is 8. The van der Waals surface area contributed by atoms with Gasteiger partial charge in [-0.3, -0.25) is 0 Å². The zero-order chi connectivity index (χ0) is 23.2. The molecule has 2 aromatic rings. The molecule has 176 valence electrons. The number of ether oxygens (including phenoxy) is 3. The van der Waals surface area contributed by atoms with Crippen LogP contribution in [0.3, 0.4) is 0 Å². The van der Waals surface area contributed by atoms with Crippen LogP contribution in [0.25, 0.3) is 0 Å². The summed E-state index contributed by atoms with van der Waals surface area (Å²) >= 11 is 0. The van der Waals surface area contributed by atoms with Crippen LogP contribution in [0.1, 0.15) is 53.2 Å². The van der Waals surface area contributed by atoms with Crippen molar-refractivity contribution in [3.05, 3.63) is 65.2 Å². The summed E-state index contributed by atoms with van der Waals surface area (Å²) in [6.07, 6.45) is 3.71. The quantitative estimate of drug-likeness (QED) is 0.581. The van der Waals surface area contributed by atoms with Crippen molar-refractivity contribution in [2.24, 2.45) is 5.92 Å². The van der Waals surface area contributed by atoms with Crippen LogP contribution in [0.5, 0.6) is 0 Å². The minimum absolute atomic E-state index is 0.0899. The molecule has 7 heteroatoms. The lowest BCUT2D eigenvalue weighted by Crippen LogP contribution is -2.43. The highest BCUT2D eigenvalue weighted by atomic mass is 16.6. The van der Waals surface area contributed by atoms with Gasteiger partial charge in [0.15, 0.2) is 0 Å². The molecule has 1 saturated carbocycles. The summed E-state index contributed by atoms with van der Waals surface area (Å²) in [5, 5.41) is 3.07. The van der Waals surface area contributed by atoms with Crippen molar-refractivity contribution in [1.82, 2.24) is 4.90 Å². The van der Waals surface area contributed by atoms with Crippen molar-refractivity contribution in [3.63, 3.8) is 0 Å². The van der Waals surface area contributed by atoms with Crippen molar-refractivity contribution in [3.8, 4) is 0 Å². The number of hydrogen-bond acceptors (Lipinski definition) is 6. The molecule has 2 aromatic carbocycles. The van der Waals surface area contributed by atoms with Crippen LogP contribution in [0, 0.1) is 5.92 Å². The predicted octanol–water partition coefficient (Wildman–Crippen LogP) is 4.78. The van der Waals surface area contributed by atoms with E-state index in [2.05, 4.69) is 5.32 Å². The Morgan fingerprint density at radius 2 is 1.88 bits per heavy atom. The summed E-state index contributed by atoms with van der Waals surface area (Å²) in [4.78, 5) is 27.0. The van der Waals surface area contributed by atoms with Crippen molar-refractivity contribution in [1.29, 1.82) is 0 Å². The van der Waals surface area contributed by atoms with Crippen molar-refractivity contribution in [2.75, 3.05) is 32.6 Å². The topological polar surface area (TPSA) is 77.1 Å². The van der Waals surface area contributed by atoms with Gasteiger partial charge in [-0.15, -0.1) is 0 Å². The van der Waals surface area contributed by atoms with E-state index < -0.39 is 5.97 Å². The third-order valence-electron chi connectivity index (χ3n) is 6.36. The zero-order valence-electron chi connectivity index (χ0n) is 19.3. The van der Waals surface area contributed by atoms with Gasteiger partial charge >= 0.3 is 12.1 Å². The molecule has 33 heavy (non-hydrogen) atoms. The Balaban J connectivity index is 1.53. The second-order valence-electron chi connectivity index (χ2n) is 8.72. The number of benzene rings is 2. The van der Waals surface area contributed by atoms with Gasteiger partial charge in [0.1, 0.15) is 6.61 Å². The lowest BCUT2D eigenvalue weighted by atomic mass is 9.92. The summed E-state index contributed by atoms with van der Waals surface area (Å²) in [5.74, 6) is 0.284. The molecule has 2 atom stereocenters. The highest BCUT2D eigenvalue weighted by Gasteiger charge is 2.35. The first-order valence-electron chi connectivity index (χ1n) is 11.6. The maximum absolute atomic E-state index is 13.1. The molecular formula is C26H32N2O5. The summed E-state index contributed by atoms with van der Waals surface area (Å²) in [6, 6.07) is 15.0. The van der Waals surface area contributed by atoms with Crippen LogP contribution < -0.4 is 5.32 Å². The molecule has 1 amide bonds. The van der Waals surface area contributed by atoms with Gasteiger partial charge in [-0.25, -0.2) is 9.59 Å². The number of esters is 1. The Morgan fingerprint density at radius 1 is 1.09 bits per heavy atom. The van der Waals surface area contributed by atoms with E-state index in [1.165, 1.54) is 20.0 Å². The maximum atomic E-state index is 13.1. The number of nitrogens with zero attached hydrogens (tertiary/aromatic N) is 1. The fourth-order valence-corrected chi connectivity index (χ4v) is 4.24. The molecular weight excluding hydrogens is 420 g/mol. The third kappa shape index (κ3) is 5.85. The Hall–Kier alpha value is -3.06.